The molecule has 22 heavy (non-hydrogen) atoms. The van der Waals surface area contributed by atoms with Crippen molar-refractivity contribution in [1.82, 2.24) is 10.3 Å². The molecule has 118 valence electrons. The summed E-state index contributed by atoms with van der Waals surface area (Å²) in [6.45, 7) is 1.76. The van der Waals surface area contributed by atoms with Gasteiger partial charge in [0.25, 0.3) is 5.22 Å². The molecule has 1 fully saturated rings. The first kappa shape index (κ1) is 15.4. The quantitative estimate of drug-likeness (QED) is 0.851. The van der Waals surface area contributed by atoms with E-state index < -0.39 is 15.4 Å². The van der Waals surface area contributed by atoms with Crippen LogP contribution in [0.4, 0.5) is 0 Å². The number of sulfone groups is 1. The lowest BCUT2D eigenvalue weighted by molar-refractivity contribution is -0.120. The SMILES string of the molecule is CC1(NC(=O)CSc2nc3ccccc3o2)CCS(=O)(=O)C1. The van der Waals surface area contributed by atoms with Crippen LogP contribution in [-0.2, 0) is 14.6 Å². The number of para-hydroxylation sites is 2. The minimum Gasteiger partial charge on any atom is -0.431 e. The Kier molecular flexibility index (Phi) is 3.90. The molecule has 1 aromatic carbocycles. The van der Waals surface area contributed by atoms with Gasteiger partial charge < -0.3 is 9.73 Å². The molecule has 1 aliphatic heterocycles. The van der Waals surface area contributed by atoms with E-state index in [4.69, 9.17) is 4.42 Å². The monoisotopic (exact) mass is 340 g/mol. The number of benzene rings is 1. The van der Waals surface area contributed by atoms with Crippen LogP contribution in [0, 0.1) is 0 Å². The van der Waals surface area contributed by atoms with Crippen LogP contribution in [-0.4, -0.2) is 42.1 Å². The number of aromatic nitrogens is 1. The van der Waals surface area contributed by atoms with E-state index in [1.54, 1.807) is 6.92 Å². The molecule has 1 saturated heterocycles. The van der Waals surface area contributed by atoms with Crippen molar-refractivity contribution in [1.29, 1.82) is 0 Å². The van der Waals surface area contributed by atoms with Gasteiger partial charge in [-0.05, 0) is 25.5 Å². The molecule has 2 aromatic rings. The van der Waals surface area contributed by atoms with Gasteiger partial charge in [-0.25, -0.2) is 13.4 Å². The molecule has 0 spiro atoms. The van der Waals surface area contributed by atoms with E-state index in [1.165, 1.54) is 11.8 Å². The first-order chi connectivity index (χ1) is 10.4. The Morgan fingerprint density at radius 3 is 2.91 bits per heavy atom. The van der Waals surface area contributed by atoms with Crippen molar-refractivity contribution in [2.24, 2.45) is 0 Å². The Balaban J connectivity index is 1.58. The predicted octanol–water partition coefficient (Wildman–Crippen LogP) is 1.61. The Hall–Kier alpha value is -1.54. The largest absolute Gasteiger partial charge is 0.431 e. The van der Waals surface area contributed by atoms with Gasteiger partial charge in [0.05, 0.1) is 22.8 Å². The average Bonchev–Trinajstić information content (AvgIpc) is 2.96. The molecule has 6 nitrogen and oxygen atoms in total. The van der Waals surface area contributed by atoms with Crippen molar-refractivity contribution in [3.8, 4) is 0 Å². The van der Waals surface area contributed by atoms with E-state index in [9.17, 15) is 13.2 Å². The number of oxazole rings is 1. The number of carbonyl (C=O) groups is 1. The Morgan fingerprint density at radius 2 is 2.23 bits per heavy atom. The second-order valence-electron chi connectivity index (χ2n) is 5.69. The van der Waals surface area contributed by atoms with Crippen LogP contribution in [0.1, 0.15) is 13.3 Å². The molecule has 1 unspecified atom stereocenters. The van der Waals surface area contributed by atoms with Crippen molar-refractivity contribution in [3.63, 3.8) is 0 Å². The normalized spacial score (nSPS) is 23.7. The van der Waals surface area contributed by atoms with Crippen LogP contribution in [0.25, 0.3) is 11.1 Å². The molecular formula is C14H16N2O4S2. The van der Waals surface area contributed by atoms with Gasteiger partial charge in [-0.2, -0.15) is 0 Å². The van der Waals surface area contributed by atoms with E-state index in [-0.39, 0.29) is 23.2 Å². The molecule has 0 radical (unpaired) electrons. The lowest BCUT2D eigenvalue weighted by Gasteiger charge is -2.23. The fourth-order valence-electron chi connectivity index (χ4n) is 2.52. The van der Waals surface area contributed by atoms with E-state index in [2.05, 4.69) is 10.3 Å². The minimum absolute atomic E-state index is 0.000700. The molecule has 1 amide bonds. The zero-order valence-electron chi connectivity index (χ0n) is 12.0. The second-order valence-corrected chi connectivity index (χ2v) is 8.80. The Bertz CT molecular complexity index is 782. The van der Waals surface area contributed by atoms with E-state index in [0.717, 1.165) is 5.52 Å². The number of carbonyl (C=O) groups excluding carboxylic acids is 1. The van der Waals surface area contributed by atoms with Gasteiger partial charge in [0.15, 0.2) is 15.4 Å². The van der Waals surface area contributed by atoms with Crippen molar-refractivity contribution in [2.75, 3.05) is 17.3 Å². The third-order valence-electron chi connectivity index (χ3n) is 3.55. The Morgan fingerprint density at radius 1 is 1.45 bits per heavy atom. The number of thioether (sulfide) groups is 1. The highest BCUT2D eigenvalue weighted by molar-refractivity contribution is 7.99. The Labute approximate surface area is 132 Å². The molecule has 3 rings (SSSR count). The summed E-state index contributed by atoms with van der Waals surface area (Å²) in [5.41, 5.74) is 0.760. The van der Waals surface area contributed by atoms with Crippen LogP contribution in [0.2, 0.25) is 0 Å². The molecule has 1 N–H and O–H groups in total. The van der Waals surface area contributed by atoms with Crippen LogP contribution < -0.4 is 5.32 Å². The molecule has 1 atom stereocenters. The van der Waals surface area contributed by atoms with Crippen LogP contribution in [0.5, 0.6) is 0 Å². The van der Waals surface area contributed by atoms with E-state index in [1.807, 2.05) is 24.3 Å². The zero-order valence-corrected chi connectivity index (χ0v) is 13.7. The lowest BCUT2D eigenvalue weighted by atomic mass is 10.0. The maximum absolute atomic E-state index is 12.0. The first-order valence-electron chi connectivity index (χ1n) is 6.85. The molecule has 1 aliphatic rings. The van der Waals surface area contributed by atoms with Gasteiger partial charge in [0.1, 0.15) is 5.52 Å². The summed E-state index contributed by atoms with van der Waals surface area (Å²) < 4.78 is 28.6. The summed E-state index contributed by atoms with van der Waals surface area (Å²) in [5.74, 6) is 0.0518. The molecule has 8 heteroatoms. The van der Waals surface area contributed by atoms with Gasteiger partial charge in [-0.1, -0.05) is 23.9 Å². The van der Waals surface area contributed by atoms with Crippen molar-refractivity contribution in [2.45, 2.75) is 24.1 Å². The van der Waals surface area contributed by atoms with Gasteiger partial charge in [-0.3, -0.25) is 4.79 Å². The fraction of sp³-hybridized carbons (Fsp3) is 0.429. The number of rotatable bonds is 4. The standard InChI is InChI=1S/C14H16N2O4S2/c1-14(6-7-22(18,19)9-14)16-12(17)8-21-13-15-10-4-2-3-5-11(10)20-13/h2-5H,6-9H2,1H3,(H,16,17). The third kappa shape index (κ3) is 3.44. The van der Waals surface area contributed by atoms with E-state index in [0.29, 0.717) is 17.2 Å². The highest BCUT2D eigenvalue weighted by Gasteiger charge is 2.39. The van der Waals surface area contributed by atoms with Crippen LogP contribution in [0.15, 0.2) is 33.9 Å². The second kappa shape index (κ2) is 5.58. The summed E-state index contributed by atoms with van der Waals surface area (Å²) in [4.78, 5) is 16.3. The van der Waals surface area contributed by atoms with Crippen molar-refractivity contribution < 1.29 is 17.6 Å². The van der Waals surface area contributed by atoms with E-state index >= 15 is 0 Å². The first-order valence-corrected chi connectivity index (χ1v) is 9.66. The van der Waals surface area contributed by atoms with Crippen LogP contribution in [0.3, 0.4) is 0 Å². The molecule has 0 bridgehead atoms. The number of nitrogens with one attached hydrogen (secondary N) is 1. The van der Waals surface area contributed by atoms with Gasteiger partial charge in [0.2, 0.25) is 5.91 Å². The minimum atomic E-state index is -3.04. The third-order valence-corrected chi connectivity index (χ3v) is 6.28. The maximum Gasteiger partial charge on any atom is 0.257 e. The molecule has 2 heterocycles. The zero-order chi connectivity index (χ0) is 15.8. The highest BCUT2D eigenvalue weighted by Crippen LogP contribution is 2.25. The summed E-state index contributed by atoms with van der Waals surface area (Å²) in [6.07, 6.45) is 0.453. The predicted molar refractivity (Wildman–Crippen MR) is 84.6 cm³/mol. The van der Waals surface area contributed by atoms with Crippen molar-refractivity contribution in [3.05, 3.63) is 24.3 Å². The number of hydrogen-bond donors (Lipinski definition) is 1. The fourth-order valence-corrected chi connectivity index (χ4v) is 5.25. The lowest BCUT2D eigenvalue weighted by Crippen LogP contribution is -2.47. The molecular weight excluding hydrogens is 324 g/mol. The number of nitrogens with zero attached hydrogens (tertiary/aromatic N) is 1. The van der Waals surface area contributed by atoms with Gasteiger partial charge in [0, 0.05) is 0 Å². The summed E-state index contributed by atoms with van der Waals surface area (Å²) in [6, 6.07) is 7.38. The number of amides is 1. The summed E-state index contributed by atoms with van der Waals surface area (Å²) in [7, 11) is -3.04. The number of hydrogen-bond acceptors (Lipinski definition) is 6. The van der Waals surface area contributed by atoms with Gasteiger partial charge in [-0.15, -0.1) is 0 Å². The summed E-state index contributed by atoms with van der Waals surface area (Å²) >= 11 is 1.20. The average molecular weight is 340 g/mol. The number of fused-ring (bicyclic) bond motifs is 1. The highest BCUT2D eigenvalue weighted by atomic mass is 32.2. The molecule has 0 aliphatic carbocycles. The van der Waals surface area contributed by atoms with Gasteiger partial charge >= 0.3 is 0 Å². The molecule has 0 saturated carbocycles. The summed E-state index contributed by atoms with van der Waals surface area (Å²) in [5, 5.41) is 3.24. The van der Waals surface area contributed by atoms with Crippen molar-refractivity contribution >= 4 is 38.6 Å². The molecule has 1 aromatic heterocycles. The topological polar surface area (TPSA) is 89.3 Å². The smallest absolute Gasteiger partial charge is 0.257 e. The maximum atomic E-state index is 12.0. The van der Waals surface area contributed by atoms with Crippen LogP contribution >= 0.6 is 11.8 Å².